The highest BCUT2D eigenvalue weighted by atomic mass is 31.2. The minimum atomic E-state index is -1.80. The standard InChI is InChI=1S/C10H17OP/c1-8-3-4-9-5-6-12(2,11)10(9)7-8/h5,8,10H,3-4,6-7H2,1-2H3/t8-,10?,12-/m0/s1. The minimum Gasteiger partial charge on any atom is -0.323 e. The molecule has 1 saturated carbocycles. The highest BCUT2D eigenvalue weighted by Gasteiger charge is 2.38. The average Bonchev–Trinajstić information content (AvgIpc) is 2.28. The zero-order valence-corrected chi connectivity index (χ0v) is 8.81. The average molecular weight is 184 g/mol. The first-order valence-electron chi connectivity index (χ1n) is 4.85. The lowest BCUT2D eigenvalue weighted by Gasteiger charge is -2.29. The van der Waals surface area contributed by atoms with Gasteiger partial charge in [-0.25, -0.2) is 0 Å². The minimum absolute atomic E-state index is 0.473. The summed E-state index contributed by atoms with van der Waals surface area (Å²) in [6.45, 7) is 4.27. The molecule has 0 radical (unpaired) electrons. The Morgan fingerprint density at radius 3 is 3.08 bits per heavy atom. The Hall–Kier alpha value is -0.0300. The molecule has 1 unspecified atom stereocenters. The second-order valence-electron chi connectivity index (χ2n) is 4.53. The monoisotopic (exact) mass is 184 g/mol. The summed E-state index contributed by atoms with van der Waals surface area (Å²) in [4.78, 5) is 0. The summed E-state index contributed by atoms with van der Waals surface area (Å²) in [5.74, 6) is 0.790. The fourth-order valence-electron chi connectivity index (χ4n) is 2.47. The molecule has 0 aromatic rings. The van der Waals surface area contributed by atoms with Crippen LogP contribution in [0.15, 0.2) is 11.6 Å². The van der Waals surface area contributed by atoms with Gasteiger partial charge in [0.2, 0.25) is 0 Å². The first kappa shape index (κ1) is 8.56. The van der Waals surface area contributed by atoms with Crippen molar-refractivity contribution in [3.63, 3.8) is 0 Å². The van der Waals surface area contributed by atoms with E-state index in [-0.39, 0.29) is 0 Å². The van der Waals surface area contributed by atoms with Crippen LogP contribution < -0.4 is 0 Å². The van der Waals surface area contributed by atoms with Gasteiger partial charge in [-0.05, 0) is 31.8 Å². The summed E-state index contributed by atoms with van der Waals surface area (Å²) in [6, 6.07) is 0. The first-order chi connectivity index (χ1) is 5.59. The highest BCUT2D eigenvalue weighted by molar-refractivity contribution is 7.64. The molecule has 68 valence electrons. The van der Waals surface area contributed by atoms with Gasteiger partial charge in [-0.3, -0.25) is 0 Å². The SMILES string of the molecule is C[C@H]1CCC2=CC[P@](C)(=O)C2C1. The Morgan fingerprint density at radius 2 is 2.33 bits per heavy atom. The topological polar surface area (TPSA) is 17.1 Å². The molecular weight excluding hydrogens is 167 g/mol. The molecule has 12 heavy (non-hydrogen) atoms. The molecule has 2 rings (SSSR count). The van der Waals surface area contributed by atoms with Crippen molar-refractivity contribution in [1.82, 2.24) is 0 Å². The maximum absolute atomic E-state index is 12.1. The molecule has 3 atom stereocenters. The van der Waals surface area contributed by atoms with Crippen molar-refractivity contribution in [2.45, 2.75) is 31.8 Å². The van der Waals surface area contributed by atoms with Gasteiger partial charge in [-0.2, -0.15) is 0 Å². The van der Waals surface area contributed by atoms with Gasteiger partial charge < -0.3 is 4.57 Å². The number of hydrogen-bond acceptors (Lipinski definition) is 1. The second kappa shape index (κ2) is 2.73. The Balaban J connectivity index is 2.22. The van der Waals surface area contributed by atoms with E-state index in [1.165, 1.54) is 24.8 Å². The maximum Gasteiger partial charge on any atom is 0.0951 e. The predicted octanol–water partition coefficient (Wildman–Crippen LogP) is 3.11. The molecular formula is C10H17OP. The summed E-state index contributed by atoms with van der Waals surface area (Å²) in [5.41, 5.74) is 1.99. The number of rotatable bonds is 0. The van der Waals surface area contributed by atoms with Crippen LogP contribution in [0.5, 0.6) is 0 Å². The molecule has 1 aliphatic heterocycles. The van der Waals surface area contributed by atoms with E-state index in [0.717, 1.165) is 12.1 Å². The van der Waals surface area contributed by atoms with Crippen molar-refractivity contribution in [1.29, 1.82) is 0 Å². The molecule has 1 nitrogen and oxygen atoms in total. The van der Waals surface area contributed by atoms with E-state index < -0.39 is 7.14 Å². The van der Waals surface area contributed by atoms with E-state index in [4.69, 9.17) is 0 Å². The molecule has 2 heteroatoms. The Kier molecular flexibility index (Phi) is 1.95. The van der Waals surface area contributed by atoms with Gasteiger partial charge in [0.25, 0.3) is 0 Å². The fourth-order valence-corrected chi connectivity index (χ4v) is 5.06. The Morgan fingerprint density at radius 1 is 1.58 bits per heavy atom. The van der Waals surface area contributed by atoms with Gasteiger partial charge >= 0.3 is 0 Å². The van der Waals surface area contributed by atoms with Crippen molar-refractivity contribution < 1.29 is 4.57 Å². The number of allylic oxidation sites excluding steroid dienone is 2. The van der Waals surface area contributed by atoms with Crippen LogP contribution in [-0.4, -0.2) is 18.5 Å². The van der Waals surface area contributed by atoms with Crippen LogP contribution in [0, 0.1) is 5.92 Å². The van der Waals surface area contributed by atoms with Crippen LogP contribution in [0.1, 0.15) is 26.2 Å². The molecule has 2 aliphatic rings. The van der Waals surface area contributed by atoms with E-state index in [9.17, 15) is 4.57 Å². The third kappa shape index (κ3) is 1.29. The smallest absolute Gasteiger partial charge is 0.0951 e. The normalized spacial score (nSPS) is 47.0. The first-order valence-corrected chi connectivity index (χ1v) is 7.25. The van der Waals surface area contributed by atoms with Gasteiger partial charge in [0.15, 0.2) is 0 Å². The van der Waals surface area contributed by atoms with Crippen molar-refractivity contribution in [2.75, 3.05) is 12.8 Å². The predicted molar refractivity (Wildman–Crippen MR) is 53.3 cm³/mol. The summed E-state index contributed by atoms with van der Waals surface area (Å²) < 4.78 is 12.1. The lowest BCUT2D eigenvalue weighted by molar-refractivity contribution is 0.442. The van der Waals surface area contributed by atoms with Crippen molar-refractivity contribution in [2.24, 2.45) is 5.92 Å². The third-order valence-electron chi connectivity index (χ3n) is 3.35. The summed E-state index contributed by atoms with van der Waals surface area (Å²) in [7, 11) is -1.80. The van der Waals surface area contributed by atoms with Crippen LogP contribution in [0.4, 0.5) is 0 Å². The molecule has 1 heterocycles. The van der Waals surface area contributed by atoms with Crippen molar-refractivity contribution >= 4 is 7.14 Å². The largest absolute Gasteiger partial charge is 0.323 e. The van der Waals surface area contributed by atoms with Crippen LogP contribution in [0.2, 0.25) is 0 Å². The maximum atomic E-state index is 12.1. The van der Waals surface area contributed by atoms with Gasteiger partial charge in [0.05, 0.1) is 7.14 Å². The number of fused-ring (bicyclic) bond motifs is 1. The second-order valence-corrected chi connectivity index (χ2v) is 7.87. The fraction of sp³-hybridized carbons (Fsp3) is 0.800. The van der Waals surface area contributed by atoms with Gasteiger partial charge in [0, 0.05) is 11.8 Å². The van der Waals surface area contributed by atoms with E-state index in [1.807, 2.05) is 6.66 Å². The quantitative estimate of drug-likeness (QED) is 0.417. The lowest BCUT2D eigenvalue weighted by Crippen LogP contribution is -2.18. The molecule has 0 bridgehead atoms. The van der Waals surface area contributed by atoms with Crippen LogP contribution in [0.25, 0.3) is 0 Å². The summed E-state index contributed by atoms with van der Waals surface area (Å²) >= 11 is 0. The van der Waals surface area contributed by atoms with Crippen LogP contribution in [-0.2, 0) is 4.57 Å². The Labute approximate surface area is 74.6 Å². The van der Waals surface area contributed by atoms with E-state index in [0.29, 0.717) is 5.66 Å². The number of hydrogen-bond donors (Lipinski definition) is 0. The molecule has 0 saturated heterocycles. The molecule has 0 N–H and O–H groups in total. The van der Waals surface area contributed by atoms with Gasteiger partial charge in [-0.1, -0.05) is 18.6 Å². The molecule has 0 aromatic carbocycles. The molecule has 0 amide bonds. The highest BCUT2D eigenvalue weighted by Crippen LogP contribution is 2.59. The van der Waals surface area contributed by atoms with Gasteiger partial charge in [-0.15, -0.1) is 0 Å². The van der Waals surface area contributed by atoms with Gasteiger partial charge in [0.1, 0.15) is 0 Å². The molecule has 1 fully saturated rings. The lowest BCUT2D eigenvalue weighted by atomic mass is 9.87. The van der Waals surface area contributed by atoms with E-state index in [2.05, 4.69) is 13.0 Å². The van der Waals surface area contributed by atoms with Crippen LogP contribution in [0.3, 0.4) is 0 Å². The summed E-state index contributed by atoms with van der Waals surface area (Å²) in [5, 5.41) is 0. The zero-order valence-electron chi connectivity index (χ0n) is 7.92. The van der Waals surface area contributed by atoms with E-state index >= 15 is 0 Å². The van der Waals surface area contributed by atoms with Crippen molar-refractivity contribution in [3.8, 4) is 0 Å². The zero-order chi connectivity index (χ0) is 8.77. The summed E-state index contributed by atoms with van der Waals surface area (Å²) in [6.07, 6.45) is 6.82. The van der Waals surface area contributed by atoms with Crippen molar-refractivity contribution in [3.05, 3.63) is 11.6 Å². The Bertz CT molecular complexity index is 267. The van der Waals surface area contributed by atoms with E-state index in [1.54, 1.807) is 0 Å². The molecule has 0 aromatic heterocycles. The molecule has 0 spiro atoms. The third-order valence-corrected chi connectivity index (χ3v) is 6.12. The van der Waals surface area contributed by atoms with Crippen LogP contribution >= 0.6 is 7.14 Å². The molecule has 1 aliphatic carbocycles.